The summed E-state index contributed by atoms with van der Waals surface area (Å²) in [4.78, 5) is 10.2. The normalized spacial score (nSPS) is 14.8. The van der Waals surface area contributed by atoms with E-state index in [1.807, 2.05) is 13.2 Å². The molecular formula is C9H17OY-. The van der Waals surface area contributed by atoms with Crippen molar-refractivity contribution in [1.29, 1.82) is 0 Å². The number of hydrogen-bond donors (Lipinski definition) is 0. The van der Waals surface area contributed by atoms with Crippen LogP contribution in [-0.4, -0.2) is 6.29 Å². The minimum absolute atomic E-state index is 0. The van der Waals surface area contributed by atoms with E-state index in [9.17, 15) is 4.79 Å². The van der Waals surface area contributed by atoms with Crippen LogP contribution in [0.5, 0.6) is 0 Å². The van der Waals surface area contributed by atoms with Crippen LogP contribution in [0.4, 0.5) is 0 Å². The molecule has 0 amide bonds. The van der Waals surface area contributed by atoms with Gasteiger partial charge < -0.3 is 4.79 Å². The summed E-state index contributed by atoms with van der Waals surface area (Å²) < 4.78 is 0. The molecule has 0 bridgehead atoms. The van der Waals surface area contributed by atoms with Crippen molar-refractivity contribution in [2.24, 2.45) is 11.8 Å². The van der Waals surface area contributed by atoms with Gasteiger partial charge in [-0.15, -0.1) is 5.92 Å². The maximum absolute atomic E-state index is 10.2. The molecule has 63 valence electrons. The maximum atomic E-state index is 10.2. The molecule has 0 spiro atoms. The van der Waals surface area contributed by atoms with Crippen LogP contribution in [0.3, 0.4) is 0 Å². The first-order valence-corrected chi connectivity index (χ1v) is 4.10. The van der Waals surface area contributed by atoms with Crippen molar-refractivity contribution in [3.63, 3.8) is 0 Å². The standard InChI is InChI=1S/C9H17O.Y/c1-4-5-6-8(2)9(3)7-10;/h8-9H,4-6H2,1-3H3;/q-1;. The van der Waals surface area contributed by atoms with Gasteiger partial charge in [-0.2, -0.15) is 0 Å². The molecule has 2 unspecified atom stereocenters. The Kier molecular flexibility index (Phi) is 11.5. The topological polar surface area (TPSA) is 17.1 Å². The van der Waals surface area contributed by atoms with E-state index < -0.39 is 0 Å². The Morgan fingerprint density at radius 1 is 1.36 bits per heavy atom. The first kappa shape index (κ1) is 14.3. The molecule has 2 heteroatoms. The van der Waals surface area contributed by atoms with E-state index in [-0.39, 0.29) is 38.6 Å². The average molecular weight is 230 g/mol. The monoisotopic (exact) mass is 230 g/mol. The van der Waals surface area contributed by atoms with E-state index in [0.29, 0.717) is 5.92 Å². The molecule has 0 aromatic carbocycles. The van der Waals surface area contributed by atoms with Crippen molar-refractivity contribution in [2.75, 3.05) is 0 Å². The minimum Gasteiger partial charge on any atom is -0.542 e. The molecule has 1 nitrogen and oxygen atoms in total. The summed E-state index contributed by atoms with van der Waals surface area (Å²) in [6.07, 6.45) is 5.63. The number of rotatable bonds is 5. The van der Waals surface area contributed by atoms with E-state index in [1.165, 1.54) is 12.8 Å². The molecule has 0 saturated carbocycles. The van der Waals surface area contributed by atoms with Crippen LogP contribution in [0.2, 0.25) is 0 Å². The first-order chi connectivity index (χ1) is 4.72. The van der Waals surface area contributed by atoms with Gasteiger partial charge in [0.2, 0.25) is 0 Å². The summed E-state index contributed by atoms with van der Waals surface area (Å²) in [5.41, 5.74) is 0. The number of unbranched alkanes of at least 4 members (excludes halogenated alkanes) is 1. The summed E-state index contributed by atoms with van der Waals surface area (Å²) in [7, 11) is 0. The van der Waals surface area contributed by atoms with Gasteiger partial charge in [0.1, 0.15) is 0 Å². The van der Waals surface area contributed by atoms with E-state index in [4.69, 9.17) is 0 Å². The second-order valence-corrected chi connectivity index (χ2v) is 3.03. The second kappa shape index (κ2) is 8.87. The number of hydrogen-bond acceptors (Lipinski definition) is 1. The summed E-state index contributed by atoms with van der Waals surface area (Å²) >= 11 is 0. The van der Waals surface area contributed by atoms with E-state index in [1.54, 1.807) is 0 Å². The molecule has 0 aliphatic heterocycles. The summed E-state index contributed by atoms with van der Waals surface area (Å²) in [5, 5.41) is 0. The quantitative estimate of drug-likeness (QED) is 0.663. The maximum Gasteiger partial charge on any atom is 0 e. The molecule has 0 aromatic heterocycles. The fraction of sp³-hybridized carbons (Fsp3) is 0.889. The second-order valence-electron chi connectivity index (χ2n) is 3.03. The Morgan fingerprint density at radius 3 is 2.27 bits per heavy atom. The summed E-state index contributed by atoms with van der Waals surface area (Å²) in [6, 6.07) is 0. The molecule has 0 heterocycles. The molecule has 1 radical (unpaired) electrons. The van der Waals surface area contributed by atoms with Gasteiger partial charge in [-0.1, -0.05) is 46.0 Å². The third-order valence-corrected chi connectivity index (χ3v) is 2.05. The zero-order chi connectivity index (χ0) is 7.98. The molecule has 0 aliphatic carbocycles. The molecule has 0 fully saturated rings. The van der Waals surface area contributed by atoms with Gasteiger partial charge in [-0.3, -0.25) is 6.29 Å². The van der Waals surface area contributed by atoms with Crippen LogP contribution in [0.25, 0.3) is 0 Å². The third kappa shape index (κ3) is 7.15. The summed E-state index contributed by atoms with van der Waals surface area (Å²) in [5.74, 6) is 0.629. The molecular weight excluding hydrogens is 213 g/mol. The SMILES string of the molecule is CCCCC(C)C(C)[C-]=O.[Y]. The van der Waals surface area contributed by atoms with E-state index in [0.717, 1.165) is 6.42 Å². The zero-order valence-electron chi connectivity index (χ0n) is 7.76. The van der Waals surface area contributed by atoms with Gasteiger partial charge in [-0.05, 0) is 0 Å². The van der Waals surface area contributed by atoms with Gasteiger partial charge in [0, 0.05) is 32.7 Å². The van der Waals surface area contributed by atoms with Gasteiger partial charge in [0.25, 0.3) is 0 Å². The van der Waals surface area contributed by atoms with Gasteiger partial charge in [0.15, 0.2) is 0 Å². The van der Waals surface area contributed by atoms with Crippen molar-refractivity contribution in [3.05, 3.63) is 0 Å². The molecule has 2 atom stereocenters. The molecule has 0 aliphatic rings. The third-order valence-electron chi connectivity index (χ3n) is 2.05. The zero-order valence-corrected chi connectivity index (χ0v) is 10.6. The van der Waals surface area contributed by atoms with Gasteiger partial charge in [0.05, 0.1) is 0 Å². The van der Waals surface area contributed by atoms with Crippen molar-refractivity contribution >= 4 is 6.29 Å². The molecule has 11 heavy (non-hydrogen) atoms. The molecule has 0 N–H and O–H groups in total. The molecule has 0 aromatic rings. The Hall–Kier alpha value is 0.774. The Morgan fingerprint density at radius 2 is 1.91 bits per heavy atom. The van der Waals surface area contributed by atoms with Crippen LogP contribution in [0, 0.1) is 11.8 Å². The van der Waals surface area contributed by atoms with Crippen LogP contribution < -0.4 is 0 Å². The van der Waals surface area contributed by atoms with E-state index >= 15 is 0 Å². The average Bonchev–Trinajstić information content (AvgIpc) is 1.98. The van der Waals surface area contributed by atoms with Gasteiger partial charge >= 0.3 is 0 Å². The van der Waals surface area contributed by atoms with E-state index in [2.05, 4.69) is 13.8 Å². The molecule has 0 rings (SSSR count). The minimum atomic E-state index is 0. The van der Waals surface area contributed by atoms with Gasteiger partial charge in [-0.25, -0.2) is 0 Å². The molecule has 0 saturated heterocycles. The van der Waals surface area contributed by atoms with Crippen LogP contribution in [0.15, 0.2) is 0 Å². The first-order valence-electron chi connectivity index (χ1n) is 4.10. The van der Waals surface area contributed by atoms with Crippen molar-refractivity contribution in [2.45, 2.75) is 40.0 Å². The van der Waals surface area contributed by atoms with Crippen molar-refractivity contribution in [1.82, 2.24) is 0 Å². The van der Waals surface area contributed by atoms with Crippen molar-refractivity contribution in [3.8, 4) is 0 Å². The Labute approximate surface area is 95.2 Å². The fourth-order valence-corrected chi connectivity index (χ4v) is 0.892. The largest absolute Gasteiger partial charge is 0.542 e. The van der Waals surface area contributed by atoms with Crippen molar-refractivity contribution < 1.29 is 37.5 Å². The van der Waals surface area contributed by atoms with Crippen LogP contribution >= 0.6 is 0 Å². The Bertz CT molecular complexity index is 93.6. The predicted octanol–water partition coefficient (Wildman–Crippen LogP) is 2.56. The number of carbonyl (C=O) groups excluding carboxylic acids is 1. The predicted molar refractivity (Wildman–Crippen MR) is 43.5 cm³/mol. The Balaban J connectivity index is 0. The summed E-state index contributed by atoms with van der Waals surface area (Å²) in [6.45, 7) is 6.22. The van der Waals surface area contributed by atoms with Crippen LogP contribution in [0.1, 0.15) is 40.0 Å². The van der Waals surface area contributed by atoms with Crippen LogP contribution in [-0.2, 0) is 37.5 Å². The fourth-order valence-electron chi connectivity index (χ4n) is 0.892. The smallest absolute Gasteiger partial charge is 0 e.